The molecule has 3 heteroatoms. The number of aryl methyl sites for hydroxylation is 2. The van der Waals surface area contributed by atoms with Crippen molar-refractivity contribution in [3.63, 3.8) is 0 Å². The predicted molar refractivity (Wildman–Crippen MR) is 78.1 cm³/mol. The van der Waals surface area contributed by atoms with Gasteiger partial charge in [0.05, 0.1) is 0 Å². The van der Waals surface area contributed by atoms with Crippen LogP contribution in [0.15, 0.2) is 23.2 Å². The van der Waals surface area contributed by atoms with Crippen molar-refractivity contribution in [2.45, 2.75) is 27.2 Å². The lowest BCUT2D eigenvalue weighted by Gasteiger charge is -2.18. The van der Waals surface area contributed by atoms with Crippen molar-refractivity contribution in [1.29, 1.82) is 0 Å². The minimum absolute atomic E-state index is 0.703. The first-order valence-electron chi connectivity index (χ1n) is 6.23. The van der Waals surface area contributed by atoms with Gasteiger partial charge >= 0.3 is 0 Å². The van der Waals surface area contributed by atoms with Gasteiger partial charge in [0.2, 0.25) is 0 Å². The molecule has 1 atom stereocenters. The molecule has 1 unspecified atom stereocenters. The fraction of sp³-hybridized carbons (Fsp3) is 0.500. The number of amidine groups is 1. The van der Waals surface area contributed by atoms with Gasteiger partial charge in [-0.05, 0) is 42.5 Å². The van der Waals surface area contributed by atoms with Crippen LogP contribution in [0.25, 0.3) is 0 Å². The Morgan fingerprint density at radius 2 is 2.29 bits per heavy atom. The largest absolute Gasteiger partial charge is 0.335 e. The van der Waals surface area contributed by atoms with E-state index in [1.165, 1.54) is 16.9 Å². The van der Waals surface area contributed by atoms with Crippen LogP contribution in [0.5, 0.6) is 0 Å². The van der Waals surface area contributed by atoms with Crippen LogP contribution in [0.3, 0.4) is 0 Å². The lowest BCUT2D eigenvalue weighted by Crippen LogP contribution is -2.18. The Bertz CT molecular complexity index is 426. The van der Waals surface area contributed by atoms with Crippen molar-refractivity contribution >= 4 is 22.6 Å². The SMILES string of the molecule is CCc1cc(NC2=NCC(C)CS2)ccc1C. The van der Waals surface area contributed by atoms with Gasteiger partial charge in [-0.25, -0.2) is 0 Å². The molecule has 2 nitrogen and oxygen atoms in total. The van der Waals surface area contributed by atoms with Crippen LogP contribution >= 0.6 is 11.8 Å². The van der Waals surface area contributed by atoms with Crippen LogP contribution in [-0.4, -0.2) is 17.5 Å². The number of rotatable bonds is 2. The van der Waals surface area contributed by atoms with Gasteiger partial charge in [-0.2, -0.15) is 0 Å². The van der Waals surface area contributed by atoms with E-state index in [4.69, 9.17) is 0 Å². The molecule has 1 aliphatic rings. The van der Waals surface area contributed by atoms with Gasteiger partial charge < -0.3 is 5.32 Å². The van der Waals surface area contributed by atoms with Gasteiger partial charge in [0.25, 0.3) is 0 Å². The minimum Gasteiger partial charge on any atom is -0.335 e. The predicted octanol–water partition coefficient (Wildman–Crippen LogP) is 3.71. The highest BCUT2D eigenvalue weighted by Gasteiger charge is 2.12. The van der Waals surface area contributed by atoms with Crippen LogP contribution in [0.1, 0.15) is 25.0 Å². The quantitative estimate of drug-likeness (QED) is 0.863. The number of nitrogens with zero attached hydrogens (tertiary/aromatic N) is 1. The Morgan fingerprint density at radius 1 is 1.47 bits per heavy atom. The van der Waals surface area contributed by atoms with Crippen molar-refractivity contribution < 1.29 is 0 Å². The summed E-state index contributed by atoms with van der Waals surface area (Å²) in [4.78, 5) is 4.55. The molecule has 1 aromatic carbocycles. The molecule has 0 saturated carbocycles. The van der Waals surface area contributed by atoms with Gasteiger partial charge in [0, 0.05) is 18.0 Å². The summed E-state index contributed by atoms with van der Waals surface area (Å²) in [6.07, 6.45) is 1.08. The Balaban J connectivity index is 2.08. The van der Waals surface area contributed by atoms with Crippen molar-refractivity contribution in [1.82, 2.24) is 0 Å². The van der Waals surface area contributed by atoms with Gasteiger partial charge in [-0.3, -0.25) is 4.99 Å². The monoisotopic (exact) mass is 248 g/mol. The van der Waals surface area contributed by atoms with E-state index in [0.29, 0.717) is 5.92 Å². The molecule has 0 aliphatic carbocycles. The summed E-state index contributed by atoms with van der Waals surface area (Å²) in [5.41, 5.74) is 3.93. The van der Waals surface area contributed by atoms with Crippen molar-refractivity contribution in [3.8, 4) is 0 Å². The number of thioether (sulfide) groups is 1. The molecule has 1 heterocycles. The lowest BCUT2D eigenvalue weighted by atomic mass is 10.1. The maximum Gasteiger partial charge on any atom is 0.161 e. The molecular formula is C14H20N2S. The number of hydrogen-bond acceptors (Lipinski definition) is 3. The Morgan fingerprint density at radius 3 is 2.94 bits per heavy atom. The van der Waals surface area contributed by atoms with Crippen LogP contribution in [0, 0.1) is 12.8 Å². The maximum atomic E-state index is 4.55. The Kier molecular flexibility index (Phi) is 4.11. The third-order valence-corrected chi connectivity index (χ3v) is 4.27. The van der Waals surface area contributed by atoms with E-state index in [9.17, 15) is 0 Å². The second-order valence-electron chi connectivity index (χ2n) is 4.68. The van der Waals surface area contributed by atoms with E-state index >= 15 is 0 Å². The highest BCUT2D eigenvalue weighted by atomic mass is 32.2. The van der Waals surface area contributed by atoms with E-state index < -0.39 is 0 Å². The molecule has 0 saturated heterocycles. The zero-order chi connectivity index (χ0) is 12.3. The fourth-order valence-corrected chi connectivity index (χ4v) is 2.79. The summed E-state index contributed by atoms with van der Waals surface area (Å²) in [5, 5.41) is 4.48. The second kappa shape index (κ2) is 5.58. The van der Waals surface area contributed by atoms with E-state index in [0.717, 1.165) is 23.8 Å². The minimum atomic E-state index is 0.703. The van der Waals surface area contributed by atoms with E-state index in [2.05, 4.69) is 49.3 Å². The molecule has 17 heavy (non-hydrogen) atoms. The van der Waals surface area contributed by atoms with Crippen LogP contribution in [0.4, 0.5) is 5.69 Å². The molecule has 0 radical (unpaired) electrons. The van der Waals surface area contributed by atoms with E-state index in [1.54, 1.807) is 0 Å². The molecule has 0 fully saturated rings. The normalized spacial score (nSPS) is 19.9. The molecule has 0 amide bonds. The van der Waals surface area contributed by atoms with Crippen LogP contribution < -0.4 is 5.32 Å². The van der Waals surface area contributed by atoms with Gasteiger partial charge in [0.15, 0.2) is 5.17 Å². The fourth-order valence-electron chi connectivity index (χ4n) is 1.89. The number of benzene rings is 1. The smallest absolute Gasteiger partial charge is 0.161 e. The first-order valence-corrected chi connectivity index (χ1v) is 7.21. The van der Waals surface area contributed by atoms with Crippen LogP contribution in [0.2, 0.25) is 0 Å². The molecule has 92 valence electrons. The molecule has 1 aliphatic heterocycles. The van der Waals surface area contributed by atoms with Gasteiger partial charge in [-0.15, -0.1) is 0 Å². The number of nitrogens with one attached hydrogen (secondary N) is 1. The molecule has 1 aromatic rings. The first-order chi connectivity index (χ1) is 8.19. The Labute approximate surface area is 108 Å². The zero-order valence-electron chi connectivity index (χ0n) is 10.8. The van der Waals surface area contributed by atoms with Crippen LogP contribution in [-0.2, 0) is 6.42 Å². The summed E-state index contributed by atoms with van der Waals surface area (Å²) in [7, 11) is 0. The second-order valence-corrected chi connectivity index (χ2v) is 5.69. The molecule has 0 bridgehead atoms. The summed E-state index contributed by atoms with van der Waals surface area (Å²) in [6, 6.07) is 6.55. The van der Waals surface area contributed by atoms with Gasteiger partial charge in [0.1, 0.15) is 0 Å². The molecule has 0 aromatic heterocycles. The first kappa shape index (κ1) is 12.5. The zero-order valence-corrected chi connectivity index (χ0v) is 11.6. The summed E-state index contributed by atoms with van der Waals surface area (Å²) >= 11 is 1.82. The van der Waals surface area contributed by atoms with Crippen molar-refractivity contribution in [2.24, 2.45) is 10.9 Å². The number of aliphatic imine (C=N–C) groups is 1. The topological polar surface area (TPSA) is 24.4 Å². The van der Waals surface area contributed by atoms with Crippen molar-refractivity contribution in [3.05, 3.63) is 29.3 Å². The number of anilines is 1. The maximum absolute atomic E-state index is 4.55. The highest BCUT2D eigenvalue weighted by molar-refractivity contribution is 8.14. The molecule has 2 rings (SSSR count). The average Bonchev–Trinajstić information content (AvgIpc) is 2.34. The summed E-state index contributed by atoms with van der Waals surface area (Å²) in [5.74, 6) is 1.87. The average molecular weight is 248 g/mol. The van der Waals surface area contributed by atoms with Crippen molar-refractivity contribution in [2.75, 3.05) is 17.6 Å². The van der Waals surface area contributed by atoms with E-state index in [-0.39, 0.29) is 0 Å². The third kappa shape index (κ3) is 3.25. The standard InChI is InChI=1S/C14H20N2S/c1-4-12-7-13(6-5-11(12)3)16-14-15-8-10(2)9-17-14/h5-7,10H,4,8-9H2,1-3H3,(H,15,16). The van der Waals surface area contributed by atoms with Gasteiger partial charge in [-0.1, -0.05) is 31.7 Å². The Hall–Kier alpha value is -0.960. The molecule has 0 spiro atoms. The lowest BCUT2D eigenvalue weighted by molar-refractivity contribution is 0.674. The summed E-state index contributed by atoms with van der Waals surface area (Å²) in [6.45, 7) is 7.55. The summed E-state index contributed by atoms with van der Waals surface area (Å²) < 4.78 is 0. The molecular weight excluding hydrogens is 228 g/mol. The third-order valence-electron chi connectivity index (χ3n) is 3.03. The number of hydrogen-bond donors (Lipinski definition) is 1. The van der Waals surface area contributed by atoms with E-state index in [1.807, 2.05) is 11.8 Å². The molecule has 1 N–H and O–H groups in total. The highest BCUT2D eigenvalue weighted by Crippen LogP contribution is 2.21.